The molecular weight excluding hydrogens is 210 g/mol. The van der Waals surface area contributed by atoms with Crippen LogP contribution in [0, 0.1) is 5.41 Å². The van der Waals surface area contributed by atoms with Gasteiger partial charge < -0.3 is 5.32 Å². The van der Waals surface area contributed by atoms with E-state index in [-0.39, 0.29) is 0 Å². The smallest absolute Gasteiger partial charge is 0.0522 e. The second-order valence-corrected chi connectivity index (χ2v) is 6.41. The zero-order chi connectivity index (χ0) is 11.9. The molecule has 0 radical (unpaired) electrons. The summed E-state index contributed by atoms with van der Waals surface area (Å²) in [6.07, 6.45) is 9.66. The molecule has 17 heavy (non-hydrogen) atoms. The Hall–Kier alpha value is -0.830. The van der Waals surface area contributed by atoms with Gasteiger partial charge in [-0.1, -0.05) is 20.3 Å². The number of hydrogen-bond donors (Lipinski definition) is 2. The summed E-state index contributed by atoms with van der Waals surface area (Å²) in [6, 6.07) is 1.36. The Kier molecular flexibility index (Phi) is 2.74. The second kappa shape index (κ2) is 4.13. The SMILES string of the molecule is CC1(C)CCCC1NC1CCc2[nH]ncc2C1. The number of fused-ring (bicyclic) bond motifs is 1. The summed E-state index contributed by atoms with van der Waals surface area (Å²) in [5, 5.41) is 11.2. The van der Waals surface area contributed by atoms with E-state index in [1.807, 2.05) is 6.20 Å². The average molecular weight is 233 g/mol. The molecule has 1 fully saturated rings. The van der Waals surface area contributed by atoms with E-state index in [2.05, 4.69) is 29.4 Å². The van der Waals surface area contributed by atoms with Gasteiger partial charge in [0.25, 0.3) is 0 Å². The second-order valence-electron chi connectivity index (χ2n) is 6.41. The molecule has 2 unspecified atom stereocenters. The molecule has 0 aliphatic heterocycles. The van der Waals surface area contributed by atoms with Crippen molar-refractivity contribution in [2.24, 2.45) is 5.41 Å². The van der Waals surface area contributed by atoms with Crippen LogP contribution in [0.1, 0.15) is 50.8 Å². The molecule has 0 aromatic carbocycles. The highest BCUT2D eigenvalue weighted by Crippen LogP contribution is 2.38. The van der Waals surface area contributed by atoms with Crippen LogP contribution in [0.25, 0.3) is 0 Å². The Morgan fingerprint density at radius 1 is 1.41 bits per heavy atom. The first-order valence-corrected chi connectivity index (χ1v) is 6.92. The molecule has 1 aromatic rings. The summed E-state index contributed by atoms with van der Waals surface area (Å²) in [5.41, 5.74) is 3.26. The number of hydrogen-bond acceptors (Lipinski definition) is 2. The van der Waals surface area contributed by atoms with Crippen LogP contribution >= 0.6 is 0 Å². The third kappa shape index (κ3) is 2.13. The van der Waals surface area contributed by atoms with Crippen molar-refractivity contribution in [3.8, 4) is 0 Å². The molecule has 1 heterocycles. The van der Waals surface area contributed by atoms with Gasteiger partial charge in [-0.15, -0.1) is 0 Å². The zero-order valence-corrected chi connectivity index (χ0v) is 10.9. The van der Waals surface area contributed by atoms with Gasteiger partial charge in [0, 0.05) is 17.8 Å². The zero-order valence-electron chi connectivity index (χ0n) is 10.9. The largest absolute Gasteiger partial charge is 0.310 e. The third-order valence-corrected chi connectivity index (χ3v) is 4.71. The van der Waals surface area contributed by atoms with Crippen LogP contribution in [0.15, 0.2) is 6.20 Å². The summed E-state index contributed by atoms with van der Waals surface area (Å²) in [7, 11) is 0. The van der Waals surface area contributed by atoms with Gasteiger partial charge in [0.05, 0.1) is 6.20 Å². The van der Waals surface area contributed by atoms with E-state index in [0.29, 0.717) is 17.5 Å². The molecule has 2 aliphatic rings. The lowest BCUT2D eigenvalue weighted by Crippen LogP contribution is -2.46. The number of nitrogens with zero attached hydrogens (tertiary/aromatic N) is 1. The van der Waals surface area contributed by atoms with Gasteiger partial charge in [0.15, 0.2) is 0 Å². The Morgan fingerprint density at radius 2 is 2.29 bits per heavy atom. The van der Waals surface area contributed by atoms with Crippen LogP contribution in [0.3, 0.4) is 0 Å². The first-order chi connectivity index (χ1) is 8.15. The van der Waals surface area contributed by atoms with Gasteiger partial charge in [0.2, 0.25) is 0 Å². The van der Waals surface area contributed by atoms with Crippen molar-refractivity contribution in [3.63, 3.8) is 0 Å². The van der Waals surface area contributed by atoms with Crippen molar-refractivity contribution in [1.82, 2.24) is 15.5 Å². The fourth-order valence-electron chi connectivity index (χ4n) is 3.48. The molecule has 0 spiro atoms. The molecule has 94 valence electrons. The first-order valence-electron chi connectivity index (χ1n) is 6.92. The van der Waals surface area contributed by atoms with Crippen LogP contribution in [-0.4, -0.2) is 22.3 Å². The number of H-pyrrole nitrogens is 1. The molecule has 0 amide bonds. The summed E-state index contributed by atoms with van der Waals surface area (Å²) in [4.78, 5) is 0. The summed E-state index contributed by atoms with van der Waals surface area (Å²) in [6.45, 7) is 4.81. The average Bonchev–Trinajstić information content (AvgIpc) is 2.85. The number of aryl methyl sites for hydroxylation is 1. The summed E-state index contributed by atoms with van der Waals surface area (Å²) < 4.78 is 0. The van der Waals surface area contributed by atoms with Gasteiger partial charge in [-0.3, -0.25) is 5.10 Å². The lowest BCUT2D eigenvalue weighted by molar-refractivity contribution is 0.252. The van der Waals surface area contributed by atoms with E-state index in [0.717, 1.165) is 12.8 Å². The third-order valence-electron chi connectivity index (χ3n) is 4.71. The molecule has 1 aromatic heterocycles. The van der Waals surface area contributed by atoms with Crippen molar-refractivity contribution in [2.45, 2.75) is 64.5 Å². The number of nitrogens with one attached hydrogen (secondary N) is 2. The highest BCUT2D eigenvalue weighted by molar-refractivity contribution is 5.21. The molecule has 2 aliphatic carbocycles. The van der Waals surface area contributed by atoms with E-state index in [1.165, 1.54) is 36.9 Å². The fraction of sp³-hybridized carbons (Fsp3) is 0.786. The van der Waals surface area contributed by atoms with Gasteiger partial charge in [-0.2, -0.15) is 5.10 Å². The molecule has 1 saturated carbocycles. The molecule has 0 saturated heterocycles. The van der Waals surface area contributed by atoms with E-state index >= 15 is 0 Å². The minimum Gasteiger partial charge on any atom is -0.310 e. The number of rotatable bonds is 2. The lowest BCUT2D eigenvalue weighted by atomic mass is 9.85. The first kappa shape index (κ1) is 11.3. The Bertz CT molecular complexity index is 394. The van der Waals surface area contributed by atoms with Crippen LogP contribution in [0.4, 0.5) is 0 Å². The van der Waals surface area contributed by atoms with Crippen LogP contribution in [0.2, 0.25) is 0 Å². The minimum atomic E-state index is 0.483. The van der Waals surface area contributed by atoms with Gasteiger partial charge >= 0.3 is 0 Å². The minimum absolute atomic E-state index is 0.483. The maximum absolute atomic E-state index is 4.15. The monoisotopic (exact) mass is 233 g/mol. The maximum Gasteiger partial charge on any atom is 0.0522 e. The molecule has 0 bridgehead atoms. The van der Waals surface area contributed by atoms with Gasteiger partial charge in [-0.25, -0.2) is 0 Å². The van der Waals surface area contributed by atoms with Gasteiger partial charge in [0.1, 0.15) is 0 Å². The fourth-order valence-corrected chi connectivity index (χ4v) is 3.48. The molecule has 3 nitrogen and oxygen atoms in total. The maximum atomic E-state index is 4.15. The topological polar surface area (TPSA) is 40.7 Å². The van der Waals surface area contributed by atoms with Crippen molar-refractivity contribution < 1.29 is 0 Å². The molecule has 2 N–H and O–H groups in total. The number of aromatic nitrogens is 2. The van der Waals surface area contributed by atoms with Crippen LogP contribution in [0.5, 0.6) is 0 Å². The van der Waals surface area contributed by atoms with E-state index in [9.17, 15) is 0 Å². The summed E-state index contributed by atoms with van der Waals surface area (Å²) >= 11 is 0. The highest BCUT2D eigenvalue weighted by atomic mass is 15.1. The lowest BCUT2D eigenvalue weighted by Gasteiger charge is -2.33. The van der Waals surface area contributed by atoms with Crippen molar-refractivity contribution >= 4 is 0 Å². The standard InChI is InChI=1S/C14H23N3/c1-14(2)7-3-4-13(14)16-11-5-6-12-10(8-11)9-15-17-12/h9,11,13,16H,3-8H2,1-2H3,(H,15,17). The summed E-state index contributed by atoms with van der Waals surface area (Å²) in [5.74, 6) is 0. The van der Waals surface area contributed by atoms with Crippen molar-refractivity contribution in [2.75, 3.05) is 0 Å². The van der Waals surface area contributed by atoms with Crippen molar-refractivity contribution in [3.05, 3.63) is 17.5 Å². The Balaban J connectivity index is 1.64. The Labute approximate surface area is 103 Å². The Morgan fingerprint density at radius 3 is 3.06 bits per heavy atom. The van der Waals surface area contributed by atoms with Crippen molar-refractivity contribution in [1.29, 1.82) is 0 Å². The van der Waals surface area contributed by atoms with Gasteiger partial charge in [-0.05, 0) is 43.1 Å². The predicted molar refractivity (Wildman–Crippen MR) is 69.0 cm³/mol. The van der Waals surface area contributed by atoms with E-state index < -0.39 is 0 Å². The highest BCUT2D eigenvalue weighted by Gasteiger charge is 2.36. The molecule has 3 rings (SSSR count). The quantitative estimate of drug-likeness (QED) is 0.823. The van der Waals surface area contributed by atoms with E-state index in [1.54, 1.807) is 0 Å². The molecule has 2 atom stereocenters. The molecule has 3 heteroatoms. The van der Waals surface area contributed by atoms with Crippen LogP contribution < -0.4 is 5.32 Å². The molecular formula is C14H23N3. The number of aromatic amines is 1. The normalized spacial score (nSPS) is 31.4. The van der Waals surface area contributed by atoms with Crippen LogP contribution in [-0.2, 0) is 12.8 Å². The predicted octanol–water partition coefficient (Wildman–Crippen LogP) is 2.44. The van der Waals surface area contributed by atoms with E-state index in [4.69, 9.17) is 0 Å².